The molecular weight excluding hydrogens is 500 g/mol. The summed E-state index contributed by atoms with van der Waals surface area (Å²) < 4.78 is 12.8. The molecule has 2 heterocycles. The number of rotatable bonds is 8. The van der Waals surface area contributed by atoms with Gasteiger partial charge in [0.15, 0.2) is 0 Å². The number of likely N-dealkylation sites (tertiary alicyclic amines) is 1. The molecule has 2 fully saturated rings. The van der Waals surface area contributed by atoms with Gasteiger partial charge in [0.1, 0.15) is 11.5 Å². The predicted molar refractivity (Wildman–Crippen MR) is 134 cm³/mol. The lowest BCUT2D eigenvalue weighted by Crippen LogP contribution is -2.41. The van der Waals surface area contributed by atoms with E-state index in [0.29, 0.717) is 26.2 Å². The first-order chi connectivity index (χ1) is 16.3. The molecule has 2 aliphatic rings. The van der Waals surface area contributed by atoms with Gasteiger partial charge in [-0.3, -0.25) is 9.69 Å². The van der Waals surface area contributed by atoms with E-state index in [0.717, 1.165) is 59.7 Å². The maximum absolute atomic E-state index is 12.9. The summed E-state index contributed by atoms with van der Waals surface area (Å²) in [4.78, 5) is 28.2. The molecule has 34 heavy (non-hydrogen) atoms. The summed E-state index contributed by atoms with van der Waals surface area (Å²) in [7, 11) is 0. The van der Waals surface area contributed by atoms with Crippen LogP contribution in [0, 0.1) is 5.41 Å². The van der Waals surface area contributed by atoms with Crippen molar-refractivity contribution in [3.05, 3.63) is 52.0 Å². The number of aromatic carboxylic acids is 1. The minimum atomic E-state index is -0.964. The summed E-state index contributed by atoms with van der Waals surface area (Å²) in [6, 6.07) is 10.6. The van der Waals surface area contributed by atoms with Gasteiger partial charge >= 0.3 is 5.97 Å². The summed E-state index contributed by atoms with van der Waals surface area (Å²) >= 11 is 3.56. The topological polar surface area (TPSA) is 79.3 Å². The number of carbonyl (C=O) groups excluding carboxylic acids is 1. The molecule has 2 aromatic carbocycles. The number of anilines is 1. The first-order valence-corrected chi connectivity index (χ1v) is 12.6. The van der Waals surface area contributed by atoms with E-state index in [1.54, 1.807) is 24.3 Å². The van der Waals surface area contributed by atoms with Crippen LogP contribution in [0.1, 0.15) is 49.0 Å². The number of benzene rings is 2. The molecule has 0 saturated carbocycles. The first-order valence-electron chi connectivity index (χ1n) is 11.8. The van der Waals surface area contributed by atoms with E-state index in [9.17, 15) is 9.59 Å². The van der Waals surface area contributed by atoms with Crippen molar-refractivity contribution < 1.29 is 24.2 Å². The zero-order valence-electron chi connectivity index (χ0n) is 19.7. The van der Waals surface area contributed by atoms with Crippen molar-refractivity contribution in [1.82, 2.24) is 4.90 Å². The summed E-state index contributed by atoms with van der Waals surface area (Å²) in [5.74, 6) is 0.830. The van der Waals surface area contributed by atoms with Crippen LogP contribution in [0.15, 0.2) is 40.9 Å². The highest BCUT2D eigenvalue weighted by Crippen LogP contribution is 2.43. The quantitative estimate of drug-likeness (QED) is 0.519. The lowest BCUT2D eigenvalue weighted by atomic mass is 9.77. The molecule has 0 atom stereocenters. The number of hydrogen-bond acceptors (Lipinski definition) is 5. The highest BCUT2D eigenvalue weighted by molar-refractivity contribution is 9.10. The fourth-order valence-electron chi connectivity index (χ4n) is 4.97. The molecule has 7 nitrogen and oxygen atoms in total. The van der Waals surface area contributed by atoms with Gasteiger partial charge in [0, 0.05) is 29.7 Å². The Morgan fingerprint density at radius 1 is 1.06 bits per heavy atom. The van der Waals surface area contributed by atoms with E-state index in [2.05, 4.69) is 20.8 Å². The zero-order chi connectivity index (χ0) is 24.3. The number of nitrogens with zero attached hydrogens (tertiary/aromatic N) is 2. The molecule has 4 rings (SSSR count). The molecule has 1 spiro atoms. The summed E-state index contributed by atoms with van der Waals surface area (Å²) in [5, 5.41) is 9.13. The van der Waals surface area contributed by atoms with Crippen LogP contribution in [-0.2, 0) is 11.3 Å². The number of hydrogen-bond donors (Lipinski definition) is 1. The zero-order valence-corrected chi connectivity index (χ0v) is 21.3. The average Bonchev–Trinajstić information content (AvgIpc) is 3.13. The highest BCUT2D eigenvalue weighted by Gasteiger charge is 2.45. The Labute approximate surface area is 208 Å². The average molecular weight is 531 g/mol. The Morgan fingerprint density at radius 2 is 1.65 bits per heavy atom. The lowest BCUT2D eigenvalue weighted by Gasteiger charge is -2.39. The number of amides is 1. The number of halogens is 1. The van der Waals surface area contributed by atoms with Gasteiger partial charge in [-0.25, -0.2) is 4.79 Å². The molecule has 0 bridgehead atoms. The molecule has 2 saturated heterocycles. The van der Waals surface area contributed by atoms with Crippen LogP contribution in [0.5, 0.6) is 11.5 Å². The molecular formula is C26H31BrN2O5. The van der Waals surface area contributed by atoms with E-state index in [4.69, 9.17) is 14.6 Å². The van der Waals surface area contributed by atoms with E-state index in [-0.39, 0.29) is 16.9 Å². The van der Waals surface area contributed by atoms with Crippen LogP contribution in [0.4, 0.5) is 5.69 Å². The van der Waals surface area contributed by atoms with Crippen molar-refractivity contribution in [3.8, 4) is 11.5 Å². The molecule has 1 N–H and O–H groups in total. The van der Waals surface area contributed by atoms with Crippen LogP contribution in [0.2, 0.25) is 0 Å². The number of carboxylic acid groups (broad SMARTS) is 1. The number of carbonyl (C=O) groups is 2. The second-order valence-electron chi connectivity index (χ2n) is 9.03. The Balaban J connectivity index is 1.44. The van der Waals surface area contributed by atoms with Crippen molar-refractivity contribution in [1.29, 1.82) is 0 Å². The molecule has 0 aromatic heterocycles. The van der Waals surface area contributed by atoms with Crippen LogP contribution >= 0.6 is 15.9 Å². The lowest BCUT2D eigenvalue weighted by molar-refractivity contribution is -0.118. The van der Waals surface area contributed by atoms with Gasteiger partial charge in [-0.2, -0.15) is 0 Å². The molecule has 0 aliphatic carbocycles. The Kier molecular flexibility index (Phi) is 7.48. The van der Waals surface area contributed by atoms with Gasteiger partial charge in [0.2, 0.25) is 5.91 Å². The second-order valence-corrected chi connectivity index (χ2v) is 9.95. The molecule has 182 valence electrons. The normalized spacial score (nSPS) is 17.9. The van der Waals surface area contributed by atoms with Gasteiger partial charge in [-0.1, -0.05) is 15.9 Å². The molecule has 2 aromatic rings. The maximum atomic E-state index is 12.9. The Bertz CT molecular complexity index is 1020. The summed E-state index contributed by atoms with van der Waals surface area (Å²) in [6.07, 6.45) is 2.41. The first kappa shape index (κ1) is 24.5. The van der Waals surface area contributed by atoms with Gasteiger partial charge in [-0.15, -0.1) is 0 Å². The van der Waals surface area contributed by atoms with Crippen LogP contribution in [0.25, 0.3) is 0 Å². The fraction of sp³-hybridized carbons (Fsp3) is 0.462. The monoisotopic (exact) mass is 530 g/mol. The van der Waals surface area contributed by atoms with E-state index in [1.807, 2.05) is 30.9 Å². The predicted octanol–water partition coefficient (Wildman–Crippen LogP) is 4.96. The fourth-order valence-corrected chi connectivity index (χ4v) is 5.39. The van der Waals surface area contributed by atoms with Crippen molar-refractivity contribution in [2.75, 3.05) is 37.7 Å². The largest absolute Gasteiger partial charge is 0.493 e. The van der Waals surface area contributed by atoms with E-state index in [1.165, 1.54) is 0 Å². The second kappa shape index (κ2) is 10.4. The summed E-state index contributed by atoms with van der Waals surface area (Å²) in [5.41, 5.74) is 2.02. The molecule has 2 aliphatic heterocycles. The maximum Gasteiger partial charge on any atom is 0.335 e. The number of carboxylic acids is 1. The van der Waals surface area contributed by atoms with Crippen molar-refractivity contribution >= 4 is 33.5 Å². The van der Waals surface area contributed by atoms with Crippen molar-refractivity contribution in [2.24, 2.45) is 5.41 Å². The number of piperidine rings is 1. The Morgan fingerprint density at radius 3 is 2.18 bits per heavy atom. The van der Waals surface area contributed by atoms with Gasteiger partial charge in [0.05, 0.1) is 24.3 Å². The van der Waals surface area contributed by atoms with Crippen LogP contribution < -0.4 is 14.4 Å². The Hall–Kier alpha value is -2.58. The minimum absolute atomic E-state index is 0.0374. The molecule has 8 heteroatoms. The molecule has 1 amide bonds. The smallest absolute Gasteiger partial charge is 0.335 e. The third kappa shape index (κ3) is 5.23. The van der Waals surface area contributed by atoms with E-state index < -0.39 is 5.97 Å². The molecule has 0 radical (unpaired) electrons. The summed E-state index contributed by atoms with van der Waals surface area (Å²) in [6.45, 7) is 8.34. The standard InChI is InChI=1S/C26H31BrN2O5/c1-3-33-22-13-19(27)14-23(34-4-2)21(22)16-28-11-9-26(10-12-28)15-24(30)29(17-26)20-7-5-18(6-8-20)25(31)32/h5-8,13-14H,3-4,9-12,15-17H2,1-2H3,(H,31,32). The SMILES string of the molecule is CCOc1cc(Br)cc(OCC)c1CN1CCC2(CC1)CC(=O)N(c1ccc(C(=O)O)cc1)C2. The molecule has 0 unspecified atom stereocenters. The minimum Gasteiger partial charge on any atom is -0.493 e. The van der Waals surface area contributed by atoms with Crippen molar-refractivity contribution in [3.63, 3.8) is 0 Å². The van der Waals surface area contributed by atoms with E-state index >= 15 is 0 Å². The number of ether oxygens (including phenoxy) is 2. The van der Waals surface area contributed by atoms with Gasteiger partial charge in [-0.05, 0) is 81.6 Å². The van der Waals surface area contributed by atoms with Crippen LogP contribution in [0.3, 0.4) is 0 Å². The highest BCUT2D eigenvalue weighted by atomic mass is 79.9. The third-order valence-electron chi connectivity index (χ3n) is 6.78. The van der Waals surface area contributed by atoms with Gasteiger partial charge in [0.25, 0.3) is 0 Å². The third-order valence-corrected chi connectivity index (χ3v) is 7.24. The van der Waals surface area contributed by atoms with Crippen molar-refractivity contribution in [2.45, 2.75) is 39.7 Å². The van der Waals surface area contributed by atoms with Crippen LogP contribution in [-0.4, -0.2) is 54.7 Å². The van der Waals surface area contributed by atoms with Gasteiger partial charge < -0.3 is 19.5 Å².